The number of unbranched alkanes of at least 4 members (excludes halogenated alkanes) is 41. The van der Waals surface area contributed by atoms with Gasteiger partial charge in [-0.15, -0.1) is 0 Å². The predicted molar refractivity (Wildman–Crippen MR) is 278 cm³/mol. The van der Waals surface area contributed by atoms with Crippen molar-refractivity contribution in [1.82, 2.24) is 5.32 Å². The Morgan fingerprint density at radius 1 is 0.422 bits per heavy atom. The third-order valence-corrected chi connectivity index (χ3v) is 13.6. The van der Waals surface area contributed by atoms with Crippen LogP contribution in [0.5, 0.6) is 0 Å². The summed E-state index contributed by atoms with van der Waals surface area (Å²) in [5, 5.41) is 23.2. The highest BCUT2D eigenvalue weighted by atomic mass is 16.5. The molecular formula is C58H113NO5. The van der Waals surface area contributed by atoms with Crippen molar-refractivity contribution in [3.05, 3.63) is 12.2 Å². The van der Waals surface area contributed by atoms with E-state index in [4.69, 9.17) is 4.74 Å². The lowest BCUT2D eigenvalue weighted by molar-refractivity contribution is -0.143. The van der Waals surface area contributed by atoms with Crippen molar-refractivity contribution in [1.29, 1.82) is 0 Å². The molecule has 2 unspecified atom stereocenters. The lowest BCUT2D eigenvalue weighted by Gasteiger charge is -2.22. The number of hydrogen-bond donors (Lipinski definition) is 3. The lowest BCUT2D eigenvalue weighted by atomic mass is 10.0. The molecule has 0 aliphatic heterocycles. The summed E-state index contributed by atoms with van der Waals surface area (Å²) in [5.41, 5.74) is 0. The predicted octanol–water partition coefficient (Wildman–Crippen LogP) is 17.7. The van der Waals surface area contributed by atoms with E-state index in [1.807, 2.05) is 0 Å². The number of esters is 1. The maximum absolute atomic E-state index is 12.4. The van der Waals surface area contributed by atoms with Crippen LogP contribution in [-0.2, 0) is 14.3 Å². The number of hydrogen-bond acceptors (Lipinski definition) is 5. The zero-order valence-corrected chi connectivity index (χ0v) is 43.3. The molecule has 0 radical (unpaired) electrons. The first-order valence-corrected chi connectivity index (χ1v) is 28.9. The third-order valence-electron chi connectivity index (χ3n) is 13.6. The standard InChI is InChI=1S/C58H113NO5/c1-3-5-7-9-11-13-15-16-17-21-25-28-32-36-40-44-48-52-58(63)64-53-49-45-41-37-33-29-26-23-20-18-19-22-24-27-31-35-39-43-47-51-57(62)59-55(54-60)56(61)50-46-42-38-34-30-14-12-10-8-6-4-2/h16-17,55-56,60-61H,3-15,18-54H2,1-2H3,(H,59,62)/b17-16-. The van der Waals surface area contributed by atoms with Gasteiger partial charge in [0.25, 0.3) is 0 Å². The molecule has 0 aromatic heterocycles. The maximum Gasteiger partial charge on any atom is 0.305 e. The van der Waals surface area contributed by atoms with Crippen molar-refractivity contribution in [3.63, 3.8) is 0 Å². The molecule has 0 aliphatic rings. The van der Waals surface area contributed by atoms with E-state index in [2.05, 4.69) is 31.3 Å². The first kappa shape index (κ1) is 62.6. The Balaban J connectivity index is 3.36. The van der Waals surface area contributed by atoms with Crippen LogP contribution in [0, 0.1) is 0 Å². The summed E-state index contributed by atoms with van der Waals surface area (Å²) in [6, 6.07) is -0.541. The Bertz CT molecular complexity index is 955. The van der Waals surface area contributed by atoms with E-state index in [9.17, 15) is 19.8 Å². The molecule has 0 bridgehead atoms. The van der Waals surface area contributed by atoms with E-state index in [0.717, 1.165) is 44.9 Å². The van der Waals surface area contributed by atoms with Crippen molar-refractivity contribution in [3.8, 4) is 0 Å². The molecule has 0 saturated carbocycles. The van der Waals surface area contributed by atoms with Crippen LogP contribution in [0.15, 0.2) is 12.2 Å². The number of carbonyl (C=O) groups is 2. The molecule has 64 heavy (non-hydrogen) atoms. The maximum atomic E-state index is 12.4. The highest BCUT2D eigenvalue weighted by Crippen LogP contribution is 2.17. The average Bonchev–Trinajstić information content (AvgIpc) is 3.29. The van der Waals surface area contributed by atoms with Crippen LogP contribution >= 0.6 is 0 Å². The lowest BCUT2D eigenvalue weighted by Crippen LogP contribution is -2.45. The van der Waals surface area contributed by atoms with E-state index < -0.39 is 12.1 Å². The zero-order valence-electron chi connectivity index (χ0n) is 43.3. The van der Waals surface area contributed by atoms with Crippen molar-refractivity contribution in [2.75, 3.05) is 13.2 Å². The number of carbonyl (C=O) groups excluding carboxylic acids is 2. The Morgan fingerprint density at radius 3 is 1.11 bits per heavy atom. The van der Waals surface area contributed by atoms with Gasteiger partial charge in [0, 0.05) is 12.8 Å². The molecule has 6 nitrogen and oxygen atoms in total. The molecule has 2 atom stereocenters. The van der Waals surface area contributed by atoms with E-state index >= 15 is 0 Å². The molecule has 380 valence electrons. The number of amides is 1. The van der Waals surface area contributed by atoms with Gasteiger partial charge in [0.2, 0.25) is 5.91 Å². The fourth-order valence-corrected chi connectivity index (χ4v) is 9.11. The third kappa shape index (κ3) is 50.0. The van der Waals surface area contributed by atoms with Crippen LogP contribution < -0.4 is 5.32 Å². The summed E-state index contributed by atoms with van der Waals surface area (Å²) in [6.07, 6.45) is 63.5. The molecule has 0 rings (SSSR count). The number of allylic oxidation sites excluding steroid dienone is 2. The molecule has 1 amide bonds. The van der Waals surface area contributed by atoms with E-state index in [1.165, 1.54) is 244 Å². The number of aliphatic hydroxyl groups excluding tert-OH is 2. The summed E-state index contributed by atoms with van der Waals surface area (Å²) < 4.78 is 5.49. The van der Waals surface area contributed by atoms with Crippen molar-refractivity contribution >= 4 is 11.9 Å². The summed E-state index contributed by atoms with van der Waals surface area (Å²) in [6.45, 7) is 4.95. The first-order chi connectivity index (χ1) is 31.5. The Hall–Kier alpha value is -1.40. The van der Waals surface area contributed by atoms with Gasteiger partial charge in [-0.2, -0.15) is 0 Å². The van der Waals surface area contributed by atoms with Crippen LogP contribution in [0.1, 0.15) is 322 Å². The van der Waals surface area contributed by atoms with Crippen LogP contribution in [0.2, 0.25) is 0 Å². The minimum Gasteiger partial charge on any atom is -0.466 e. The van der Waals surface area contributed by atoms with Gasteiger partial charge < -0.3 is 20.3 Å². The second-order valence-electron chi connectivity index (χ2n) is 20.0. The van der Waals surface area contributed by atoms with Gasteiger partial charge in [-0.1, -0.05) is 270 Å². The molecule has 0 saturated heterocycles. The van der Waals surface area contributed by atoms with Crippen molar-refractivity contribution < 1.29 is 24.5 Å². The summed E-state index contributed by atoms with van der Waals surface area (Å²) in [5.74, 6) is -0.0317. The normalized spacial score (nSPS) is 12.6. The van der Waals surface area contributed by atoms with Gasteiger partial charge in [0.1, 0.15) is 0 Å². The molecule has 0 aromatic rings. The fourth-order valence-electron chi connectivity index (χ4n) is 9.11. The van der Waals surface area contributed by atoms with Crippen LogP contribution in [0.4, 0.5) is 0 Å². The van der Waals surface area contributed by atoms with Crippen LogP contribution in [0.25, 0.3) is 0 Å². The van der Waals surface area contributed by atoms with Gasteiger partial charge in [-0.05, 0) is 51.4 Å². The number of rotatable bonds is 54. The molecule has 0 aliphatic carbocycles. The van der Waals surface area contributed by atoms with Gasteiger partial charge in [0.05, 0.1) is 25.4 Å². The molecule has 0 fully saturated rings. The second-order valence-corrected chi connectivity index (χ2v) is 20.0. The van der Waals surface area contributed by atoms with Crippen molar-refractivity contribution in [2.24, 2.45) is 0 Å². The summed E-state index contributed by atoms with van der Waals surface area (Å²) in [7, 11) is 0. The molecule has 0 spiro atoms. The van der Waals surface area contributed by atoms with E-state index in [1.54, 1.807) is 0 Å². The van der Waals surface area contributed by atoms with Gasteiger partial charge >= 0.3 is 5.97 Å². The monoisotopic (exact) mass is 904 g/mol. The molecule has 0 heterocycles. The van der Waals surface area contributed by atoms with Crippen molar-refractivity contribution in [2.45, 2.75) is 334 Å². The first-order valence-electron chi connectivity index (χ1n) is 28.9. The van der Waals surface area contributed by atoms with Gasteiger partial charge in [0.15, 0.2) is 0 Å². The Kier molecular flexibility index (Phi) is 53.0. The van der Waals surface area contributed by atoms with Crippen LogP contribution in [-0.4, -0.2) is 47.4 Å². The highest BCUT2D eigenvalue weighted by molar-refractivity contribution is 5.76. The zero-order chi connectivity index (χ0) is 46.5. The number of aliphatic hydroxyl groups is 2. The van der Waals surface area contributed by atoms with Gasteiger partial charge in [-0.3, -0.25) is 9.59 Å². The molecule has 6 heteroatoms. The summed E-state index contributed by atoms with van der Waals surface area (Å²) >= 11 is 0. The topological polar surface area (TPSA) is 95.9 Å². The molecule has 0 aromatic carbocycles. The summed E-state index contributed by atoms with van der Waals surface area (Å²) in [4.78, 5) is 24.5. The van der Waals surface area contributed by atoms with Crippen LogP contribution in [0.3, 0.4) is 0 Å². The second kappa shape index (κ2) is 54.2. The SMILES string of the molecule is CCCCCCCC/C=C\CCCCCCCCCC(=O)OCCCCCCCCCCCCCCCCCCCCCC(=O)NC(CO)C(O)CCCCCCCCCCCCC. The quantitative estimate of drug-likeness (QED) is 0.0321. The van der Waals surface area contributed by atoms with Gasteiger partial charge in [-0.25, -0.2) is 0 Å². The Morgan fingerprint density at radius 2 is 0.734 bits per heavy atom. The Labute approximate surface area is 399 Å². The highest BCUT2D eigenvalue weighted by Gasteiger charge is 2.20. The minimum absolute atomic E-state index is 0.00613. The molecule has 3 N–H and O–H groups in total. The molecular weight excluding hydrogens is 791 g/mol. The van der Waals surface area contributed by atoms with E-state index in [0.29, 0.717) is 25.9 Å². The number of ether oxygens (including phenoxy) is 1. The minimum atomic E-state index is -0.664. The smallest absolute Gasteiger partial charge is 0.305 e. The van der Waals surface area contributed by atoms with E-state index in [-0.39, 0.29) is 18.5 Å². The average molecular weight is 905 g/mol. The largest absolute Gasteiger partial charge is 0.466 e. The number of nitrogens with one attached hydrogen (secondary N) is 1. The fraction of sp³-hybridized carbons (Fsp3) is 0.931.